The summed E-state index contributed by atoms with van der Waals surface area (Å²) < 4.78 is 2.14. The standard InChI is InChI=1S/C12H23N3/c1-3-12(4-2)14-7-5-6-9-15-10-8-13-11-15/h8,10-12,14H,3-7,9H2,1-2H3. The van der Waals surface area contributed by atoms with Crippen molar-refractivity contribution in [2.24, 2.45) is 0 Å². The van der Waals surface area contributed by atoms with Gasteiger partial charge in [-0.3, -0.25) is 0 Å². The van der Waals surface area contributed by atoms with Crippen molar-refractivity contribution in [3.63, 3.8) is 0 Å². The van der Waals surface area contributed by atoms with Crippen molar-refractivity contribution in [1.82, 2.24) is 14.9 Å². The van der Waals surface area contributed by atoms with Gasteiger partial charge in [0.15, 0.2) is 0 Å². The van der Waals surface area contributed by atoms with Crippen LogP contribution in [0, 0.1) is 0 Å². The summed E-state index contributed by atoms with van der Waals surface area (Å²) in [5.41, 5.74) is 0. The van der Waals surface area contributed by atoms with E-state index in [-0.39, 0.29) is 0 Å². The Bertz CT molecular complexity index is 227. The van der Waals surface area contributed by atoms with Crippen molar-refractivity contribution < 1.29 is 0 Å². The first-order chi connectivity index (χ1) is 7.36. The first-order valence-electron chi connectivity index (χ1n) is 6.06. The third-order valence-electron chi connectivity index (χ3n) is 2.82. The molecule has 0 aliphatic heterocycles. The molecule has 0 amide bonds. The van der Waals surface area contributed by atoms with E-state index in [0.717, 1.165) is 13.1 Å². The normalized spacial score (nSPS) is 11.1. The van der Waals surface area contributed by atoms with Gasteiger partial charge >= 0.3 is 0 Å². The predicted octanol–water partition coefficient (Wildman–Crippen LogP) is 2.44. The molecule has 3 nitrogen and oxygen atoms in total. The van der Waals surface area contributed by atoms with E-state index in [4.69, 9.17) is 0 Å². The summed E-state index contributed by atoms with van der Waals surface area (Å²) in [5.74, 6) is 0. The van der Waals surface area contributed by atoms with E-state index < -0.39 is 0 Å². The van der Waals surface area contributed by atoms with Gasteiger partial charge in [0.2, 0.25) is 0 Å². The van der Waals surface area contributed by atoms with Gasteiger partial charge in [-0.25, -0.2) is 4.98 Å². The number of aryl methyl sites for hydroxylation is 1. The zero-order valence-electron chi connectivity index (χ0n) is 9.95. The van der Waals surface area contributed by atoms with Crippen LogP contribution in [0.2, 0.25) is 0 Å². The molecule has 0 unspecified atom stereocenters. The summed E-state index contributed by atoms with van der Waals surface area (Å²) in [6, 6.07) is 0.707. The van der Waals surface area contributed by atoms with E-state index >= 15 is 0 Å². The number of aromatic nitrogens is 2. The first-order valence-corrected chi connectivity index (χ1v) is 6.06. The van der Waals surface area contributed by atoms with Crippen molar-refractivity contribution in [3.8, 4) is 0 Å². The van der Waals surface area contributed by atoms with Gasteiger partial charge in [0.05, 0.1) is 6.33 Å². The minimum Gasteiger partial charge on any atom is -0.337 e. The van der Waals surface area contributed by atoms with Crippen LogP contribution in [0.25, 0.3) is 0 Å². The fraction of sp³-hybridized carbons (Fsp3) is 0.750. The van der Waals surface area contributed by atoms with Crippen LogP contribution < -0.4 is 5.32 Å². The van der Waals surface area contributed by atoms with Crippen LogP contribution in [-0.4, -0.2) is 22.1 Å². The maximum atomic E-state index is 4.02. The van der Waals surface area contributed by atoms with Crippen molar-refractivity contribution in [1.29, 1.82) is 0 Å². The minimum absolute atomic E-state index is 0.707. The van der Waals surface area contributed by atoms with Crippen molar-refractivity contribution in [2.45, 2.75) is 52.1 Å². The molecule has 0 spiro atoms. The van der Waals surface area contributed by atoms with Gasteiger partial charge in [0.25, 0.3) is 0 Å². The van der Waals surface area contributed by atoms with Crippen LogP contribution >= 0.6 is 0 Å². The van der Waals surface area contributed by atoms with Crippen molar-refractivity contribution >= 4 is 0 Å². The zero-order valence-corrected chi connectivity index (χ0v) is 9.95. The first kappa shape index (κ1) is 12.2. The number of nitrogens with one attached hydrogen (secondary N) is 1. The molecule has 1 heterocycles. The molecular weight excluding hydrogens is 186 g/mol. The number of nitrogens with zero attached hydrogens (tertiary/aromatic N) is 2. The predicted molar refractivity (Wildman–Crippen MR) is 63.8 cm³/mol. The SMILES string of the molecule is CCC(CC)NCCCCn1ccnc1. The molecule has 86 valence electrons. The van der Waals surface area contributed by atoms with Gasteiger partial charge in [0.1, 0.15) is 0 Å². The molecule has 0 aromatic carbocycles. The average molecular weight is 209 g/mol. The summed E-state index contributed by atoms with van der Waals surface area (Å²) in [4.78, 5) is 4.02. The highest BCUT2D eigenvalue weighted by molar-refractivity contribution is 4.73. The van der Waals surface area contributed by atoms with Gasteiger partial charge in [-0.05, 0) is 32.2 Å². The Kier molecular flexibility index (Phi) is 6.09. The highest BCUT2D eigenvalue weighted by atomic mass is 15.0. The van der Waals surface area contributed by atoms with Gasteiger partial charge < -0.3 is 9.88 Å². The number of hydrogen-bond donors (Lipinski definition) is 1. The Hall–Kier alpha value is -0.830. The molecule has 1 aromatic rings. The lowest BCUT2D eigenvalue weighted by Crippen LogP contribution is -2.28. The Labute approximate surface area is 92.9 Å². The van der Waals surface area contributed by atoms with Crippen LogP contribution in [0.3, 0.4) is 0 Å². The maximum Gasteiger partial charge on any atom is 0.0945 e. The minimum atomic E-state index is 0.707. The molecule has 0 aliphatic rings. The summed E-state index contributed by atoms with van der Waals surface area (Å²) in [6.07, 6.45) is 10.7. The van der Waals surface area contributed by atoms with Crippen LogP contribution in [-0.2, 0) is 6.54 Å². The zero-order chi connectivity index (χ0) is 10.9. The lowest BCUT2D eigenvalue weighted by Gasteiger charge is -2.14. The Morgan fingerprint density at radius 2 is 2.07 bits per heavy atom. The quantitative estimate of drug-likeness (QED) is 0.666. The van der Waals surface area contributed by atoms with Crippen molar-refractivity contribution in [3.05, 3.63) is 18.7 Å². The molecule has 0 bridgehead atoms. The monoisotopic (exact) mass is 209 g/mol. The van der Waals surface area contributed by atoms with Gasteiger partial charge in [-0.2, -0.15) is 0 Å². The van der Waals surface area contributed by atoms with E-state index in [1.54, 1.807) is 0 Å². The highest BCUT2D eigenvalue weighted by Gasteiger charge is 2.00. The fourth-order valence-electron chi connectivity index (χ4n) is 1.72. The van der Waals surface area contributed by atoms with E-state index in [0.29, 0.717) is 6.04 Å². The number of imidazole rings is 1. The molecule has 1 rings (SSSR count). The lowest BCUT2D eigenvalue weighted by atomic mass is 10.1. The highest BCUT2D eigenvalue weighted by Crippen LogP contribution is 1.98. The number of hydrogen-bond acceptors (Lipinski definition) is 2. The van der Waals surface area contributed by atoms with E-state index in [1.807, 2.05) is 18.7 Å². The molecular formula is C12H23N3. The molecule has 0 fully saturated rings. The molecule has 0 aliphatic carbocycles. The smallest absolute Gasteiger partial charge is 0.0945 e. The van der Waals surface area contributed by atoms with E-state index in [1.165, 1.54) is 25.7 Å². The van der Waals surface area contributed by atoms with E-state index in [9.17, 15) is 0 Å². The molecule has 0 saturated heterocycles. The van der Waals surface area contributed by atoms with Crippen LogP contribution in [0.1, 0.15) is 39.5 Å². The largest absolute Gasteiger partial charge is 0.337 e. The third kappa shape index (κ3) is 4.98. The summed E-state index contributed by atoms with van der Waals surface area (Å²) >= 11 is 0. The fourth-order valence-corrected chi connectivity index (χ4v) is 1.72. The van der Waals surface area contributed by atoms with Gasteiger partial charge in [0, 0.05) is 25.0 Å². The Balaban J connectivity index is 1.97. The summed E-state index contributed by atoms with van der Waals surface area (Å²) in [6.45, 7) is 6.71. The molecule has 15 heavy (non-hydrogen) atoms. The second-order valence-electron chi connectivity index (χ2n) is 3.98. The van der Waals surface area contributed by atoms with E-state index in [2.05, 4.69) is 28.7 Å². The average Bonchev–Trinajstić information content (AvgIpc) is 2.76. The number of rotatable bonds is 8. The van der Waals surface area contributed by atoms with Crippen molar-refractivity contribution in [2.75, 3.05) is 6.54 Å². The second kappa shape index (κ2) is 7.46. The molecule has 0 radical (unpaired) electrons. The van der Waals surface area contributed by atoms with Crippen LogP contribution in [0.5, 0.6) is 0 Å². The number of unbranched alkanes of at least 4 members (excludes halogenated alkanes) is 1. The molecule has 1 N–H and O–H groups in total. The summed E-state index contributed by atoms with van der Waals surface area (Å²) in [5, 5.41) is 3.57. The molecule has 0 atom stereocenters. The topological polar surface area (TPSA) is 29.9 Å². The Morgan fingerprint density at radius 1 is 1.27 bits per heavy atom. The maximum absolute atomic E-state index is 4.02. The second-order valence-corrected chi connectivity index (χ2v) is 3.98. The molecule has 0 saturated carbocycles. The van der Waals surface area contributed by atoms with Gasteiger partial charge in [-0.15, -0.1) is 0 Å². The third-order valence-corrected chi connectivity index (χ3v) is 2.82. The van der Waals surface area contributed by atoms with Gasteiger partial charge in [-0.1, -0.05) is 13.8 Å². The summed E-state index contributed by atoms with van der Waals surface area (Å²) in [7, 11) is 0. The van der Waals surface area contributed by atoms with Crippen LogP contribution in [0.15, 0.2) is 18.7 Å². The molecule has 3 heteroatoms. The van der Waals surface area contributed by atoms with Crippen LogP contribution in [0.4, 0.5) is 0 Å². The lowest BCUT2D eigenvalue weighted by molar-refractivity contribution is 0.466. The molecule has 1 aromatic heterocycles. The Morgan fingerprint density at radius 3 is 2.67 bits per heavy atom.